The molecule has 2 N–H and O–H groups in total. The van der Waals surface area contributed by atoms with Gasteiger partial charge in [0.15, 0.2) is 0 Å². The topological polar surface area (TPSA) is 110 Å². The van der Waals surface area contributed by atoms with E-state index in [0.29, 0.717) is 23.8 Å². The van der Waals surface area contributed by atoms with Gasteiger partial charge in [-0.3, -0.25) is 4.98 Å². The number of aryl methyl sites for hydroxylation is 1. The number of nitrogens with zero attached hydrogens (tertiary/aromatic N) is 4. The van der Waals surface area contributed by atoms with Crippen molar-refractivity contribution in [3.05, 3.63) is 23.7 Å². The SMILES string of the molecule is Cc1nc(NC2CC2)nc(NC2CC(CS(C)(=O)=O)CC2C)c1-c1nc2c(C3CC3)nccc2s1. The summed E-state index contributed by atoms with van der Waals surface area (Å²) in [6, 6.07) is 2.65. The molecule has 10 heteroatoms. The summed E-state index contributed by atoms with van der Waals surface area (Å²) in [6.07, 6.45) is 9.60. The molecule has 3 fully saturated rings. The first-order valence-corrected chi connectivity index (χ1v) is 15.5. The highest BCUT2D eigenvalue weighted by molar-refractivity contribution is 7.90. The smallest absolute Gasteiger partial charge is 0.225 e. The fourth-order valence-corrected chi connectivity index (χ4v) is 7.56. The summed E-state index contributed by atoms with van der Waals surface area (Å²) >= 11 is 1.67. The fraction of sp³-hybridized carbons (Fsp3) is 0.600. The third kappa shape index (κ3) is 5.00. The summed E-state index contributed by atoms with van der Waals surface area (Å²) in [6.45, 7) is 4.22. The average molecular weight is 513 g/mol. The molecule has 3 aromatic rings. The number of anilines is 2. The normalized spacial score (nSPS) is 24.7. The lowest BCUT2D eigenvalue weighted by Gasteiger charge is -2.21. The van der Waals surface area contributed by atoms with E-state index in [1.54, 1.807) is 11.3 Å². The lowest BCUT2D eigenvalue weighted by Crippen LogP contribution is -2.24. The van der Waals surface area contributed by atoms with E-state index in [2.05, 4.69) is 22.5 Å². The van der Waals surface area contributed by atoms with Crippen molar-refractivity contribution in [2.75, 3.05) is 22.6 Å². The largest absolute Gasteiger partial charge is 0.366 e. The minimum Gasteiger partial charge on any atom is -0.366 e. The Kier molecular flexibility index (Phi) is 5.71. The summed E-state index contributed by atoms with van der Waals surface area (Å²) in [5.74, 6) is 2.73. The lowest BCUT2D eigenvalue weighted by atomic mass is 10.1. The molecule has 6 rings (SSSR count). The van der Waals surface area contributed by atoms with E-state index in [-0.39, 0.29) is 17.7 Å². The zero-order valence-electron chi connectivity index (χ0n) is 20.4. The first kappa shape index (κ1) is 23.1. The highest BCUT2D eigenvalue weighted by atomic mass is 32.2. The van der Waals surface area contributed by atoms with Crippen LogP contribution in [0.25, 0.3) is 20.8 Å². The van der Waals surface area contributed by atoms with E-state index in [9.17, 15) is 8.42 Å². The molecule has 8 nitrogen and oxygen atoms in total. The van der Waals surface area contributed by atoms with Gasteiger partial charge in [0.05, 0.1) is 27.4 Å². The Hall–Kier alpha value is -2.33. The van der Waals surface area contributed by atoms with Gasteiger partial charge in [0.25, 0.3) is 0 Å². The van der Waals surface area contributed by atoms with Crippen molar-refractivity contribution in [2.24, 2.45) is 11.8 Å². The van der Waals surface area contributed by atoms with E-state index in [0.717, 1.165) is 63.7 Å². The molecule has 0 aromatic carbocycles. The maximum Gasteiger partial charge on any atom is 0.225 e. The number of aromatic nitrogens is 4. The summed E-state index contributed by atoms with van der Waals surface area (Å²) in [5, 5.41) is 8.06. The molecule has 0 bridgehead atoms. The Bertz CT molecular complexity index is 1380. The third-order valence-electron chi connectivity index (χ3n) is 7.35. The molecule has 3 unspecified atom stereocenters. The second-order valence-corrected chi connectivity index (χ2v) is 14.0. The third-order valence-corrected chi connectivity index (χ3v) is 9.47. The zero-order chi connectivity index (χ0) is 24.3. The molecular weight excluding hydrogens is 480 g/mol. The molecule has 0 aliphatic heterocycles. The lowest BCUT2D eigenvalue weighted by molar-refractivity contribution is 0.532. The standard InChI is InChI=1S/C25H32N6O2S2/c1-13-10-15(12-35(3,32)33)11-18(13)29-23-20(14(2)27-25(31-23)28-17-6-7-17)24-30-22-19(34-24)8-9-26-21(22)16-4-5-16/h8-9,13,15-18H,4-7,10-12H2,1-3H3,(H2,27,28,29,31). The fourth-order valence-electron chi connectivity index (χ4n) is 5.36. The van der Waals surface area contributed by atoms with Gasteiger partial charge in [-0.15, -0.1) is 11.3 Å². The van der Waals surface area contributed by atoms with E-state index in [1.165, 1.54) is 19.1 Å². The molecule has 35 heavy (non-hydrogen) atoms. The number of fused-ring (bicyclic) bond motifs is 1. The molecule has 0 radical (unpaired) electrons. The molecule has 3 heterocycles. The van der Waals surface area contributed by atoms with Crippen LogP contribution in [0.2, 0.25) is 0 Å². The van der Waals surface area contributed by atoms with Gasteiger partial charge < -0.3 is 10.6 Å². The van der Waals surface area contributed by atoms with Crippen molar-refractivity contribution in [3.8, 4) is 10.6 Å². The number of hydrogen-bond acceptors (Lipinski definition) is 9. The van der Waals surface area contributed by atoms with Crippen molar-refractivity contribution < 1.29 is 8.42 Å². The Morgan fingerprint density at radius 2 is 1.89 bits per heavy atom. The molecular formula is C25H32N6O2S2. The van der Waals surface area contributed by atoms with Gasteiger partial charge in [-0.05, 0) is 63.4 Å². The maximum absolute atomic E-state index is 11.9. The van der Waals surface area contributed by atoms with Crippen molar-refractivity contribution in [3.63, 3.8) is 0 Å². The van der Waals surface area contributed by atoms with Crippen molar-refractivity contribution in [1.29, 1.82) is 0 Å². The summed E-state index contributed by atoms with van der Waals surface area (Å²) < 4.78 is 24.9. The second kappa shape index (κ2) is 8.65. The van der Waals surface area contributed by atoms with Crippen LogP contribution in [0.1, 0.15) is 62.8 Å². The molecule has 186 valence electrons. The van der Waals surface area contributed by atoms with Gasteiger partial charge in [0.1, 0.15) is 26.2 Å². The van der Waals surface area contributed by atoms with Gasteiger partial charge in [0.2, 0.25) is 5.95 Å². The molecule has 0 saturated heterocycles. The minimum atomic E-state index is -3.00. The van der Waals surface area contributed by atoms with Crippen LogP contribution in [0.15, 0.2) is 12.3 Å². The monoisotopic (exact) mass is 512 g/mol. The second-order valence-electron chi connectivity index (χ2n) is 10.8. The van der Waals surface area contributed by atoms with Crippen LogP contribution in [0.4, 0.5) is 11.8 Å². The zero-order valence-corrected chi connectivity index (χ0v) is 22.0. The quantitative estimate of drug-likeness (QED) is 0.444. The van der Waals surface area contributed by atoms with Gasteiger partial charge >= 0.3 is 0 Å². The highest BCUT2D eigenvalue weighted by Gasteiger charge is 2.35. The Balaban J connectivity index is 1.37. The highest BCUT2D eigenvalue weighted by Crippen LogP contribution is 2.45. The Morgan fingerprint density at radius 3 is 2.60 bits per heavy atom. The van der Waals surface area contributed by atoms with Crippen molar-refractivity contribution in [2.45, 2.75) is 70.4 Å². The van der Waals surface area contributed by atoms with Crippen LogP contribution < -0.4 is 10.6 Å². The van der Waals surface area contributed by atoms with E-state index < -0.39 is 9.84 Å². The van der Waals surface area contributed by atoms with Crippen LogP contribution >= 0.6 is 11.3 Å². The number of pyridine rings is 1. The van der Waals surface area contributed by atoms with Crippen LogP contribution in [0.3, 0.4) is 0 Å². The van der Waals surface area contributed by atoms with Crippen molar-refractivity contribution >= 4 is 43.2 Å². The molecule has 0 amide bonds. The number of sulfone groups is 1. The summed E-state index contributed by atoms with van der Waals surface area (Å²) in [7, 11) is -3.00. The van der Waals surface area contributed by atoms with Gasteiger partial charge in [-0.2, -0.15) is 4.98 Å². The van der Waals surface area contributed by atoms with Crippen LogP contribution in [-0.4, -0.2) is 52.4 Å². The molecule has 3 saturated carbocycles. The van der Waals surface area contributed by atoms with Gasteiger partial charge in [-0.25, -0.2) is 18.4 Å². The van der Waals surface area contributed by atoms with Gasteiger partial charge in [-0.1, -0.05) is 6.92 Å². The summed E-state index contributed by atoms with van der Waals surface area (Å²) in [4.78, 5) is 19.4. The molecule has 3 aromatic heterocycles. The van der Waals surface area contributed by atoms with Crippen LogP contribution in [0, 0.1) is 18.8 Å². The van der Waals surface area contributed by atoms with Crippen LogP contribution in [-0.2, 0) is 9.84 Å². The Morgan fingerprint density at radius 1 is 1.09 bits per heavy atom. The number of hydrogen-bond donors (Lipinski definition) is 2. The van der Waals surface area contributed by atoms with E-state index >= 15 is 0 Å². The van der Waals surface area contributed by atoms with Crippen LogP contribution in [0.5, 0.6) is 0 Å². The molecule has 3 atom stereocenters. The Labute approximate surface area is 210 Å². The predicted molar refractivity (Wildman–Crippen MR) is 141 cm³/mol. The average Bonchev–Trinajstić information content (AvgIpc) is 3.69. The van der Waals surface area contributed by atoms with E-state index in [4.69, 9.17) is 15.0 Å². The summed E-state index contributed by atoms with van der Waals surface area (Å²) in [5.41, 5.74) is 3.94. The number of nitrogens with one attached hydrogen (secondary N) is 2. The first-order chi connectivity index (χ1) is 16.7. The predicted octanol–water partition coefficient (Wildman–Crippen LogP) is 4.78. The molecule has 0 spiro atoms. The van der Waals surface area contributed by atoms with Gasteiger partial charge in [0, 0.05) is 30.5 Å². The number of thiazole rings is 1. The first-order valence-electron chi connectivity index (χ1n) is 12.6. The van der Waals surface area contributed by atoms with E-state index in [1.807, 2.05) is 19.2 Å². The van der Waals surface area contributed by atoms with Crippen molar-refractivity contribution in [1.82, 2.24) is 19.9 Å². The molecule has 3 aliphatic rings. The number of rotatable bonds is 8. The molecule has 3 aliphatic carbocycles. The minimum absolute atomic E-state index is 0.154. The maximum atomic E-state index is 11.9.